The normalized spacial score (nSPS) is 11.3. The van der Waals surface area contributed by atoms with Crippen molar-refractivity contribution in [2.75, 3.05) is 7.11 Å². The van der Waals surface area contributed by atoms with E-state index in [1.165, 1.54) is 7.11 Å². The fraction of sp³-hybridized carbons (Fsp3) is 0.167. The van der Waals surface area contributed by atoms with E-state index in [0.29, 0.717) is 16.7 Å². The van der Waals surface area contributed by atoms with Gasteiger partial charge in [-0.25, -0.2) is 4.98 Å². The third-order valence-electron chi connectivity index (χ3n) is 2.80. The molecule has 0 radical (unpaired) electrons. The van der Waals surface area contributed by atoms with E-state index < -0.39 is 38.6 Å². The summed E-state index contributed by atoms with van der Waals surface area (Å²) in [5, 5.41) is 10.5. The third kappa shape index (κ3) is 3.26. The number of nitro groups is 1. The lowest BCUT2D eigenvalue weighted by atomic mass is 10.1. The van der Waals surface area contributed by atoms with Crippen LogP contribution in [-0.2, 0) is 6.18 Å². The van der Waals surface area contributed by atoms with Crippen molar-refractivity contribution < 1.29 is 22.8 Å². The Kier molecular flexibility index (Phi) is 4.28. The molecule has 1 aromatic carbocycles. The summed E-state index contributed by atoms with van der Waals surface area (Å²) in [6, 6.07) is 0.809. The lowest BCUT2D eigenvalue weighted by molar-refractivity contribution is -0.384. The van der Waals surface area contributed by atoms with Crippen LogP contribution in [0.4, 0.5) is 18.9 Å². The van der Waals surface area contributed by atoms with E-state index in [2.05, 4.69) is 4.98 Å². The van der Waals surface area contributed by atoms with Gasteiger partial charge in [0.1, 0.15) is 5.69 Å². The maximum Gasteiger partial charge on any atom is 0.416 e. The Bertz CT molecular complexity index is 835. The SMILES string of the molecule is COc1cn(-c2c(Cl)cc(C(F)(F)F)cc2[N+](=O)[O-])c(=O)cn1. The number of nitrogens with zero attached hydrogens (tertiary/aromatic N) is 3. The number of ether oxygens (including phenoxy) is 1. The predicted molar refractivity (Wildman–Crippen MR) is 73.1 cm³/mol. The van der Waals surface area contributed by atoms with E-state index in [1.54, 1.807) is 0 Å². The smallest absolute Gasteiger partial charge is 0.416 e. The molecule has 0 saturated carbocycles. The van der Waals surface area contributed by atoms with Crippen LogP contribution in [0.2, 0.25) is 5.02 Å². The summed E-state index contributed by atoms with van der Waals surface area (Å²) >= 11 is 5.76. The molecule has 0 bridgehead atoms. The topological polar surface area (TPSA) is 87.3 Å². The number of hydrogen-bond acceptors (Lipinski definition) is 5. The average Bonchev–Trinajstić information content (AvgIpc) is 2.46. The number of nitro benzene ring substituents is 1. The highest BCUT2D eigenvalue weighted by Crippen LogP contribution is 2.38. The quantitative estimate of drug-likeness (QED) is 0.628. The molecule has 0 amide bonds. The molecule has 0 spiro atoms. The predicted octanol–water partition coefficient (Wildman–Crippen LogP) is 2.82. The first kappa shape index (κ1) is 16.7. The molecule has 0 fully saturated rings. The number of benzene rings is 1. The van der Waals surface area contributed by atoms with Gasteiger partial charge < -0.3 is 4.74 Å². The Labute approximate surface area is 131 Å². The van der Waals surface area contributed by atoms with E-state index in [-0.39, 0.29) is 5.88 Å². The maximum atomic E-state index is 12.8. The van der Waals surface area contributed by atoms with Crippen molar-refractivity contribution in [1.82, 2.24) is 9.55 Å². The first-order chi connectivity index (χ1) is 10.6. The molecule has 122 valence electrons. The fourth-order valence-corrected chi connectivity index (χ4v) is 2.10. The summed E-state index contributed by atoms with van der Waals surface area (Å²) in [5.74, 6) is -0.0742. The van der Waals surface area contributed by atoms with Gasteiger partial charge >= 0.3 is 6.18 Å². The summed E-state index contributed by atoms with van der Waals surface area (Å²) in [4.78, 5) is 25.5. The zero-order chi connectivity index (χ0) is 17.4. The van der Waals surface area contributed by atoms with E-state index in [4.69, 9.17) is 16.3 Å². The zero-order valence-corrected chi connectivity index (χ0v) is 12.1. The minimum Gasteiger partial charge on any atom is -0.480 e. The zero-order valence-electron chi connectivity index (χ0n) is 11.3. The molecule has 23 heavy (non-hydrogen) atoms. The van der Waals surface area contributed by atoms with Crippen LogP contribution >= 0.6 is 11.6 Å². The molecule has 11 heteroatoms. The third-order valence-corrected chi connectivity index (χ3v) is 3.08. The van der Waals surface area contributed by atoms with E-state index in [0.717, 1.165) is 12.4 Å². The van der Waals surface area contributed by atoms with Crippen molar-refractivity contribution in [3.8, 4) is 11.6 Å². The van der Waals surface area contributed by atoms with E-state index >= 15 is 0 Å². The molecule has 0 N–H and O–H groups in total. The molecule has 0 aliphatic rings. The van der Waals surface area contributed by atoms with Crippen molar-refractivity contribution in [2.24, 2.45) is 0 Å². The molecule has 0 saturated heterocycles. The molecule has 1 heterocycles. The van der Waals surface area contributed by atoms with Gasteiger partial charge in [0.25, 0.3) is 11.2 Å². The molecule has 7 nitrogen and oxygen atoms in total. The number of halogens is 4. The summed E-state index contributed by atoms with van der Waals surface area (Å²) < 4.78 is 43.8. The lowest BCUT2D eigenvalue weighted by Gasteiger charge is -2.12. The highest BCUT2D eigenvalue weighted by molar-refractivity contribution is 6.33. The Morgan fingerprint density at radius 1 is 1.39 bits per heavy atom. The fourth-order valence-electron chi connectivity index (χ4n) is 1.79. The molecule has 1 aromatic heterocycles. The molecule has 2 aromatic rings. The molecule has 2 rings (SSSR count). The Morgan fingerprint density at radius 3 is 2.57 bits per heavy atom. The minimum absolute atomic E-state index is 0.0742. The van der Waals surface area contributed by atoms with Gasteiger partial charge in [-0.1, -0.05) is 11.6 Å². The Morgan fingerprint density at radius 2 is 2.04 bits per heavy atom. The molecule has 0 unspecified atom stereocenters. The van der Waals surface area contributed by atoms with Gasteiger partial charge in [0, 0.05) is 6.07 Å². The van der Waals surface area contributed by atoms with E-state index in [1.807, 2.05) is 0 Å². The molecular formula is C12H7ClF3N3O4. The summed E-state index contributed by atoms with van der Waals surface area (Å²) in [5.41, 5.74) is -3.60. The molecule has 0 aliphatic heterocycles. The Balaban J connectivity index is 2.82. The lowest BCUT2D eigenvalue weighted by Crippen LogP contribution is -2.20. The highest BCUT2D eigenvalue weighted by atomic mass is 35.5. The van der Waals surface area contributed by atoms with Gasteiger partial charge in [-0.15, -0.1) is 0 Å². The van der Waals surface area contributed by atoms with Crippen molar-refractivity contribution in [3.63, 3.8) is 0 Å². The number of aromatic nitrogens is 2. The van der Waals surface area contributed by atoms with Crippen molar-refractivity contribution >= 4 is 17.3 Å². The van der Waals surface area contributed by atoms with Gasteiger partial charge in [0.15, 0.2) is 0 Å². The van der Waals surface area contributed by atoms with Crippen LogP contribution in [0.25, 0.3) is 5.69 Å². The number of methoxy groups -OCH3 is 1. The van der Waals surface area contributed by atoms with Crippen molar-refractivity contribution in [1.29, 1.82) is 0 Å². The van der Waals surface area contributed by atoms with Crippen LogP contribution in [-0.4, -0.2) is 21.6 Å². The van der Waals surface area contributed by atoms with Crippen LogP contribution in [0.15, 0.2) is 29.3 Å². The number of rotatable bonds is 3. The molecular weight excluding hydrogens is 343 g/mol. The van der Waals surface area contributed by atoms with Gasteiger partial charge in [-0.05, 0) is 6.07 Å². The minimum atomic E-state index is -4.83. The van der Waals surface area contributed by atoms with Crippen LogP contribution < -0.4 is 10.3 Å². The molecule has 0 atom stereocenters. The monoisotopic (exact) mass is 349 g/mol. The summed E-state index contributed by atoms with van der Waals surface area (Å²) in [6.07, 6.45) is -3.03. The van der Waals surface area contributed by atoms with Gasteiger partial charge in [0.05, 0.1) is 35.0 Å². The number of alkyl halides is 3. The van der Waals surface area contributed by atoms with Crippen LogP contribution in [0.3, 0.4) is 0 Å². The standard InChI is InChI=1S/C12H7ClF3N3O4/c1-23-9-5-18(10(20)4-17-9)11-7(13)2-6(12(14,15)16)3-8(11)19(21)22/h2-5H,1H3. The Hall–Kier alpha value is -2.62. The maximum absolute atomic E-state index is 12.8. The van der Waals surface area contributed by atoms with E-state index in [9.17, 15) is 28.1 Å². The molecule has 0 aliphatic carbocycles. The van der Waals surface area contributed by atoms with Crippen LogP contribution in [0, 0.1) is 10.1 Å². The largest absolute Gasteiger partial charge is 0.480 e. The van der Waals surface area contributed by atoms with Crippen LogP contribution in [0.1, 0.15) is 5.56 Å². The first-order valence-corrected chi connectivity index (χ1v) is 6.21. The van der Waals surface area contributed by atoms with Gasteiger partial charge in [-0.3, -0.25) is 19.5 Å². The van der Waals surface area contributed by atoms with Crippen LogP contribution in [0.5, 0.6) is 5.88 Å². The van der Waals surface area contributed by atoms with Gasteiger partial charge in [-0.2, -0.15) is 13.2 Å². The average molecular weight is 350 g/mol. The van der Waals surface area contributed by atoms with Gasteiger partial charge in [0.2, 0.25) is 5.88 Å². The second-order valence-corrected chi connectivity index (χ2v) is 4.63. The second kappa shape index (κ2) is 5.88. The van der Waals surface area contributed by atoms with Crippen molar-refractivity contribution in [3.05, 3.63) is 55.6 Å². The highest BCUT2D eigenvalue weighted by Gasteiger charge is 2.35. The second-order valence-electron chi connectivity index (χ2n) is 4.22. The number of hydrogen-bond donors (Lipinski definition) is 0. The summed E-state index contributed by atoms with van der Waals surface area (Å²) in [6.45, 7) is 0. The summed E-state index contributed by atoms with van der Waals surface area (Å²) in [7, 11) is 1.24. The van der Waals surface area contributed by atoms with Crippen molar-refractivity contribution in [2.45, 2.75) is 6.18 Å². The first-order valence-electron chi connectivity index (χ1n) is 5.83.